The minimum atomic E-state index is -3.78. The summed E-state index contributed by atoms with van der Waals surface area (Å²) in [5, 5.41) is 14.7. The second-order valence-corrected chi connectivity index (χ2v) is 6.79. The highest BCUT2D eigenvalue weighted by Crippen LogP contribution is 2.38. The number of methoxy groups -OCH3 is 1. The average Bonchev–Trinajstić information content (AvgIpc) is 3.03. The Labute approximate surface area is 119 Å². The number of aromatic nitrogens is 2. The molecule has 0 atom stereocenters. The molecule has 0 aliphatic rings. The molecule has 3 N–H and O–H groups in total. The number of primary sulfonamides is 1. The zero-order chi connectivity index (χ0) is 14.3. The van der Waals surface area contributed by atoms with Gasteiger partial charge in [0.15, 0.2) is 0 Å². The molecule has 20 heavy (non-hydrogen) atoms. The predicted molar refractivity (Wildman–Crippen MR) is 77.3 cm³/mol. The molecule has 8 heteroatoms. The fourth-order valence-electron chi connectivity index (χ4n) is 2.10. The van der Waals surface area contributed by atoms with Gasteiger partial charge in [-0.25, -0.2) is 13.6 Å². The van der Waals surface area contributed by atoms with Gasteiger partial charge in [0, 0.05) is 5.56 Å². The lowest BCUT2D eigenvalue weighted by Crippen LogP contribution is -2.11. The average molecular weight is 309 g/mol. The van der Waals surface area contributed by atoms with Gasteiger partial charge in [0.1, 0.15) is 15.7 Å². The van der Waals surface area contributed by atoms with Gasteiger partial charge in [-0.15, -0.1) is 11.3 Å². The van der Waals surface area contributed by atoms with Crippen molar-refractivity contribution in [2.45, 2.75) is 4.21 Å². The number of ether oxygens (including phenoxy) is 1. The molecular formula is C12H11N3O3S2. The van der Waals surface area contributed by atoms with Crippen LogP contribution in [-0.4, -0.2) is 25.7 Å². The van der Waals surface area contributed by atoms with Crippen molar-refractivity contribution in [1.82, 2.24) is 10.2 Å². The molecule has 0 saturated heterocycles. The van der Waals surface area contributed by atoms with Crippen molar-refractivity contribution >= 4 is 32.3 Å². The van der Waals surface area contributed by atoms with Crippen LogP contribution >= 0.6 is 11.3 Å². The maximum absolute atomic E-state index is 11.6. The summed E-state index contributed by atoms with van der Waals surface area (Å²) >= 11 is 1.07. The zero-order valence-corrected chi connectivity index (χ0v) is 12.1. The Morgan fingerprint density at radius 2 is 2.15 bits per heavy atom. The van der Waals surface area contributed by atoms with Gasteiger partial charge in [0.05, 0.1) is 18.0 Å². The summed E-state index contributed by atoms with van der Waals surface area (Å²) in [4.78, 5) is 0. The van der Waals surface area contributed by atoms with E-state index < -0.39 is 10.0 Å². The largest absolute Gasteiger partial charge is 0.496 e. The van der Waals surface area contributed by atoms with Crippen molar-refractivity contribution in [2.24, 2.45) is 5.14 Å². The van der Waals surface area contributed by atoms with Gasteiger partial charge in [0.2, 0.25) is 10.0 Å². The molecule has 0 amide bonds. The second kappa shape index (κ2) is 4.58. The summed E-state index contributed by atoms with van der Waals surface area (Å²) < 4.78 is 28.6. The third-order valence-corrected chi connectivity index (χ3v) is 5.34. The van der Waals surface area contributed by atoms with Crippen molar-refractivity contribution in [2.75, 3.05) is 7.11 Å². The van der Waals surface area contributed by atoms with Crippen molar-refractivity contribution in [1.29, 1.82) is 0 Å². The van der Waals surface area contributed by atoms with Gasteiger partial charge >= 0.3 is 0 Å². The number of hydrogen-bond acceptors (Lipinski definition) is 5. The number of nitrogens with two attached hydrogens (primary N) is 1. The minimum Gasteiger partial charge on any atom is -0.496 e. The maximum atomic E-state index is 11.6. The van der Waals surface area contributed by atoms with E-state index in [2.05, 4.69) is 10.2 Å². The highest BCUT2D eigenvalue weighted by molar-refractivity contribution is 7.91. The normalized spacial score (nSPS) is 11.9. The van der Waals surface area contributed by atoms with E-state index in [-0.39, 0.29) is 4.21 Å². The van der Waals surface area contributed by atoms with Crippen molar-refractivity contribution in [3.8, 4) is 17.0 Å². The molecule has 0 aliphatic heterocycles. The van der Waals surface area contributed by atoms with Crippen LogP contribution in [0.25, 0.3) is 22.2 Å². The van der Waals surface area contributed by atoms with Gasteiger partial charge in [-0.05, 0) is 23.6 Å². The fourth-order valence-corrected chi connectivity index (χ4v) is 3.89. The molecule has 0 aliphatic carbocycles. The topological polar surface area (TPSA) is 98.1 Å². The number of thiophene rings is 1. The zero-order valence-electron chi connectivity index (χ0n) is 10.5. The predicted octanol–water partition coefficient (Wildman–Crippen LogP) is 1.95. The first-order valence-electron chi connectivity index (χ1n) is 5.64. The lowest BCUT2D eigenvalue weighted by Gasteiger charge is -2.03. The molecular weight excluding hydrogens is 298 g/mol. The third kappa shape index (κ3) is 1.98. The van der Waals surface area contributed by atoms with Crippen LogP contribution < -0.4 is 9.88 Å². The van der Waals surface area contributed by atoms with Crippen molar-refractivity contribution in [3.63, 3.8) is 0 Å². The summed E-state index contributed by atoms with van der Waals surface area (Å²) in [5.41, 5.74) is 1.77. The Hall–Kier alpha value is -1.90. The highest BCUT2D eigenvalue weighted by Gasteiger charge is 2.22. The van der Waals surface area contributed by atoms with Gasteiger partial charge in [-0.2, -0.15) is 5.10 Å². The van der Waals surface area contributed by atoms with Crippen LogP contribution in [0.2, 0.25) is 0 Å². The van der Waals surface area contributed by atoms with E-state index in [0.29, 0.717) is 17.0 Å². The van der Waals surface area contributed by atoms with E-state index in [4.69, 9.17) is 9.88 Å². The molecule has 2 heterocycles. The van der Waals surface area contributed by atoms with Crippen LogP contribution in [0.3, 0.4) is 0 Å². The van der Waals surface area contributed by atoms with E-state index >= 15 is 0 Å². The fraction of sp³-hybridized carbons (Fsp3) is 0.0833. The monoisotopic (exact) mass is 309 g/mol. The van der Waals surface area contributed by atoms with Crippen LogP contribution in [0.5, 0.6) is 5.75 Å². The first-order chi connectivity index (χ1) is 9.52. The lowest BCUT2D eigenvalue weighted by molar-refractivity contribution is 0.420. The van der Waals surface area contributed by atoms with Crippen LogP contribution in [-0.2, 0) is 10.0 Å². The number of benzene rings is 1. The molecule has 1 aromatic carbocycles. The number of sulfonamides is 1. The third-order valence-electron chi connectivity index (χ3n) is 2.91. The molecule has 0 radical (unpaired) electrons. The number of nitrogens with zero attached hydrogens (tertiary/aromatic N) is 1. The lowest BCUT2D eigenvalue weighted by atomic mass is 10.1. The SMILES string of the molecule is COc1cccc2[nH]nc(-c3ccsc3S(N)(=O)=O)c12. The molecule has 0 unspecified atom stereocenters. The molecule has 3 rings (SSSR count). The number of H-pyrrole nitrogens is 1. The quantitative estimate of drug-likeness (QED) is 0.772. The molecule has 3 aromatic rings. The number of nitrogens with one attached hydrogen (secondary N) is 1. The van der Waals surface area contributed by atoms with E-state index in [1.807, 2.05) is 12.1 Å². The Kier molecular flexibility index (Phi) is 3.00. The van der Waals surface area contributed by atoms with Gasteiger partial charge < -0.3 is 4.74 Å². The molecule has 0 saturated carbocycles. The number of aromatic amines is 1. The number of rotatable bonds is 3. The summed E-state index contributed by atoms with van der Waals surface area (Å²) in [6.07, 6.45) is 0. The Morgan fingerprint density at radius 1 is 1.35 bits per heavy atom. The Morgan fingerprint density at radius 3 is 2.85 bits per heavy atom. The van der Waals surface area contributed by atoms with E-state index in [1.165, 1.54) is 0 Å². The second-order valence-electron chi connectivity index (χ2n) is 4.12. The van der Waals surface area contributed by atoms with Gasteiger partial charge in [0.25, 0.3) is 0 Å². The minimum absolute atomic E-state index is 0.0943. The van der Waals surface area contributed by atoms with Crippen LogP contribution in [0.4, 0.5) is 0 Å². The van der Waals surface area contributed by atoms with E-state index in [1.54, 1.807) is 24.6 Å². The standard InChI is InChI=1S/C12H11N3O3S2/c1-18-9-4-2-3-8-10(9)11(15-14-8)7-5-6-19-12(7)20(13,16)17/h2-6H,1H3,(H,14,15)(H2,13,16,17). The van der Waals surface area contributed by atoms with Crippen LogP contribution in [0.1, 0.15) is 0 Å². The molecule has 2 aromatic heterocycles. The molecule has 6 nitrogen and oxygen atoms in total. The number of fused-ring (bicyclic) bond motifs is 1. The molecule has 104 valence electrons. The molecule has 0 bridgehead atoms. The van der Waals surface area contributed by atoms with Gasteiger partial charge in [-0.1, -0.05) is 6.07 Å². The smallest absolute Gasteiger partial charge is 0.248 e. The molecule has 0 fully saturated rings. The molecule has 0 spiro atoms. The van der Waals surface area contributed by atoms with E-state index in [0.717, 1.165) is 22.2 Å². The summed E-state index contributed by atoms with van der Waals surface area (Å²) in [6, 6.07) is 7.16. The van der Waals surface area contributed by atoms with Crippen LogP contribution in [0, 0.1) is 0 Å². The van der Waals surface area contributed by atoms with Crippen LogP contribution in [0.15, 0.2) is 33.9 Å². The van der Waals surface area contributed by atoms with Gasteiger partial charge in [-0.3, -0.25) is 5.10 Å². The number of hydrogen-bond donors (Lipinski definition) is 2. The first-order valence-corrected chi connectivity index (χ1v) is 8.06. The first kappa shape index (κ1) is 13.1. The Bertz CT molecular complexity index is 880. The maximum Gasteiger partial charge on any atom is 0.248 e. The summed E-state index contributed by atoms with van der Waals surface area (Å²) in [7, 11) is -2.23. The van der Waals surface area contributed by atoms with E-state index in [9.17, 15) is 8.42 Å². The Balaban J connectivity index is 2.34. The summed E-state index contributed by atoms with van der Waals surface area (Å²) in [5.74, 6) is 0.623. The highest BCUT2D eigenvalue weighted by atomic mass is 32.2. The van der Waals surface area contributed by atoms with Crippen molar-refractivity contribution < 1.29 is 13.2 Å². The van der Waals surface area contributed by atoms with Crippen molar-refractivity contribution in [3.05, 3.63) is 29.6 Å². The summed E-state index contributed by atoms with van der Waals surface area (Å²) in [6.45, 7) is 0.